The fourth-order valence-electron chi connectivity index (χ4n) is 2.93. The van der Waals surface area contributed by atoms with E-state index in [1.165, 1.54) is 18.4 Å². The number of nitrogens with zero attached hydrogens (tertiary/aromatic N) is 2. The lowest BCUT2D eigenvalue weighted by Crippen LogP contribution is -2.33. The van der Waals surface area contributed by atoms with Crippen LogP contribution in [0.15, 0.2) is 35.2 Å². The average molecular weight is 343 g/mol. The third-order valence-electron chi connectivity index (χ3n) is 4.63. The minimum atomic E-state index is 0.0929. The minimum absolute atomic E-state index is 0.0929. The van der Waals surface area contributed by atoms with Gasteiger partial charge in [-0.25, -0.2) is 4.98 Å². The zero-order valence-corrected chi connectivity index (χ0v) is 15.0. The molecular weight excluding hydrogens is 318 g/mol. The summed E-state index contributed by atoms with van der Waals surface area (Å²) in [7, 11) is 0. The molecule has 5 heteroatoms. The zero-order valence-electron chi connectivity index (χ0n) is 14.2. The second-order valence-corrected chi connectivity index (χ2v) is 7.38. The maximum Gasteiger partial charge on any atom is 0.220 e. The smallest absolute Gasteiger partial charge is 0.220 e. The Balaban J connectivity index is 1.43. The molecule has 0 atom stereocenters. The van der Waals surface area contributed by atoms with Crippen LogP contribution in [0.3, 0.4) is 0 Å². The summed E-state index contributed by atoms with van der Waals surface area (Å²) in [6, 6.07) is 6.21. The van der Waals surface area contributed by atoms with E-state index in [0.29, 0.717) is 13.0 Å². The minimum Gasteiger partial charge on any atom is -0.357 e. The normalized spacial score (nSPS) is 15.5. The van der Waals surface area contributed by atoms with Gasteiger partial charge in [-0.2, -0.15) is 11.3 Å². The number of aryl methyl sites for hydroxylation is 1. The fourth-order valence-corrected chi connectivity index (χ4v) is 3.63. The lowest BCUT2D eigenvalue weighted by atomic mass is 9.99. The number of hydrogen-bond donors (Lipinski definition) is 1. The second kappa shape index (κ2) is 8.29. The van der Waals surface area contributed by atoms with E-state index in [0.717, 1.165) is 36.8 Å². The molecule has 128 valence electrons. The number of thiophene rings is 1. The number of carbonyl (C=O) groups excluding carboxylic acids is 1. The van der Waals surface area contributed by atoms with Gasteiger partial charge in [-0.1, -0.05) is 13.0 Å². The van der Waals surface area contributed by atoms with Crippen molar-refractivity contribution in [3.05, 3.63) is 46.3 Å². The van der Waals surface area contributed by atoms with Gasteiger partial charge in [0.05, 0.1) is 0 Å². The number of piperidine rings is 1. The van der Waals surface area contributed by atoms with Gasteiger partial charge in [0.2, 0.25) is 5.91 Å². The molecule has 0 spiro atoms. The van der Waals surface area contributed by atoms with Crippen molar-refractivity contribution < 1.29 is 4.79 Å². The Hall–Kier alpha value is -1.88. The molecule has 0 aliphatic carbocycles. The predicted molar refractivity (Wildman–Crippen MR) is 99.3 cm³/mol. The zero-order chi connectivity index (χ0) is 16.8. The van der Waals surface area contributed by atoms with Crippen LogP contribution in [-0.4, -0.2) is 24.0 Å². The van der Waals surface area contributed by atoms with Crippen molar-refractivity contribution in [1.82, 2.24) is 10.3 Å². The second-order valence-electron chi connectivity index (χ2n) is 6.60. The Labute approximate surface area is 147 Å². The lowest BCUT2D eigenvalue weighted by molar-refractivity contribution is -0.121. The maximum atomic E-state index is 11.9. The van der Waals surface area contributed by atoms with E-state index in [1.54, 1.807) is 11.3 Å². The highest BCUT2D eigenvalue weighted by molar-refractivity contribution is 7.07. The summed E-state index contributed by atoms with van der Waals surface area (Å²) in [4.78, 5) is 18.8. The molecule has 0 radical (unpaired) electrons. The third kappa shape index (κ3) is 4.81. The number of nitrogens with one attached hydrogen (secondary N) is 1. The van der Waals surface area contributed by atoms with Crippen molar-refractivity contribution in [3.8, 4) is 0 Å². The summed E-state index contributed by atoms with van der Waals surface area (Å²) < 4.78 is 0. The quantitative estimate of drug-likeness (QED) is 0.871. The first kappa shape index (κ1) is 17.0. The van der Waals surface area contributed by atoms with Crippen LogP contribution in [0, 0.1) is 5.92 Å². The first-order valence-corrected chi connectivity index (χ1v) is 9.62. The number of anilines is 1. The number of rotatable bonds is 6. The molecule has 1 fully saturated rings. The van der Waals surface area contributed by atoms with Crippen molar-refractivity contribution in [2.24, 2.45) is 5.92 Å². The molecule has 0 saturated carbocycles. The van der Waals surface area contributed by atoms with E-state index >= 15 is 0 Å². The fraction of sp³-hybridized carbons (Fsp3) is 0.474. The number of amides is 1. The van der Waals surface area contributed by atoms with Gasteiger partial charge >= 0.3 is 0 Å². The van der Waals surface area contributed by atoms with E-state index in [-0.39, 0.29) is 5.91 Å². The van der Waals surface area contributed by atoms with Crippen LogP contribution in [0.25, 0.3) is 0 Å². The number of aromatic nitrogens is 1. The van der Waals surface area contributed by atoms with E-state index in [2.05, 4.69) is 45.7 Å². The Kier molecular flexibility index (Phi) is 5.86. The first-order valence-electron chi connectivity index (χ1n) is 8.68. The highest BCUT2D eigenvalue weighted by Gasteiger charge is 2.16. The average Bonchev–Trinajstić information content (AvgIpc) is 3.13. The van der Waals surface area contributed by atoms with Crippen LogP contribution in [0.4, 0.5) is 5.82 Å². The van der Waals surface area contributed by atoms with Crippen LogP contribution in [0.1, 0.15) is 37.3 Å². The summed E-state index contributed by atoms with van der Waals surface area (Å²) in [5, 5.41) is 7.12. The molecule has 3 heterocycles. The number of hydrogen-bond acceptors (Lipinski definition) is 4. The van der Waals surface area contributed by atoms with E-state index in [4.69, 9.17) is 0 Å². The summed E-state index contributed by atoms with van der Waals surface area (Å²) in [5.74, 6) is 1.97. The molecule has 1 aliphatic rings. The van der Waals surface area contributed by atoms with Crippen molar-refractivity contribution in [3.63, 3.8) is 0 Å². The molecule has 1 N–H and O–H groups in total. The molecular formula is C19H25N3OS. The summed E-state index contributed by atoms with van der Waals surface area (Å²) in [6.45, 7) is 5.04. The molecule has 1 amide bonds. The molecule has 24 heavy (non-hydrogen) atoms. The molecule has 0 bridgehead atoms. The topological polar surface area (TPSA) is 45.2 Å². The van der Waals surface area contributed by atoms with Gasteiger partial charge in [0.1, 0.15) is 5.82 Å². The van der Waals surface area contributed by atoms with Gasteiger partial charge in [-0.15, -0.1) is 0 Å². The Bertz CT molecular complexity index is 631. The van der Waals surface area contributed by atoms with Crippen molar-refractivity contribution in [2.75, 3.05) is 18.0 Å². The van der Waals surface area contributed by atoms with Gasteiger partial charge in [0, 0.05) is 32.3 Å². The van der Waals surface area contributed by atoms with Crippen LogP contribution in [0.2, 0.25) is 0 Å². The van der Waals surface area contributed by atoms with Gasteiger partial charge in [-0.05, 0) is 59.2 Å². The monoisotopic (exact) mass is 343 g/mol. The van der Waals surface area contributed by atoms with Gasteiger partial charge in [-0.3, -0.25) is 4.79 Å². The SMILES string of the molecule is CC1CCN(c2ccc(CNC(=O)CCc3ccsc3)cn2)CC1. The molecule has 1 saturated heterocycles. The van der Waals surface area contributed by atoms with Crippen molar-refractivity contribution >= 4 is 23.1 Å². The molecule has 0 unspecified atom stereocenters. The first-order chi connectivity index (χ1) is 11.7. The predicted octanol–water partition coefficient (Wildman–Crippen LogP) is 3.63. The Morgan fingerprint density at radius 3 is 2.79 bits per heavy atom. The van der Waals surface area contributed by atoms with Crippen LogP contribution in [0.5, 0.6) is 0 Å². The van der Waals surface area contributed by atoms with Gasteiger partial charge in [0.15, 0.2) is 0 Å². The van der Waals surface area contributed by atoms with E-state index in [9.17, 15) is 4.79 Å². The lowest BCUT2D eigenvalue weighted by Gasteiger charge is -2.31. The number of carbonyl (C=O) groups is 1. The highest BCUT2D eigenvalue weighted by atomic mass is 32.1. The van der Waals surface area contributed by atoms with Gasteiger partial charge < -0.3 is 10.2 Å². The standard InChI is InChI=1S/C19H25N3OS/c1-15-6-9-22(10-7-15)18-4-2-17(12-20-18)13-21-19(23)5-3-16-8-11-24-14-16/h2,4,8,11-12,14-15H,3,5-7,9-10,13H2,1H3,(H,21,23). The highest BCUT2D eigenvalue weighted by Crippen LogP contribution is 2.21. The van der Waals surface area contributed by atoms with E-state index < -0.39 is 0 Å². The van der Waals surface area contributed by atoms with Gasteiger partial charge in [0.25, 0.3) is 0 Å². The molecule has 0 aromatic carbocycles. The Morgan fingerprint density at radius 1 is 1.29 bits per heavy atom. The Morgan fingerprint density at radius 2 is 2.12 bits per heavy atom. The van der Waals surface area contributed by atoms with E-state index in [1.807, 2.05) is 11.6 Å². The van der Waals surface area contributed by atoms with Crippen molar-refractivity contribution in [1.29, 1.82) is 0 Å². The molecule has 1 aliphatic heterocycles. The summed E-state index contributed by atoms with van der Waals surface area (Å²) >= 11 is 1.67. The maximum absolute atomic E-state index is 11.9. The molecule has 2 aromatic heterocycles. The molecule has 4 nitrogen and oxygen atoms in total. The summed E-state index contributed by atoms with van der Waals surface area (Å²) in [5.41, 5.74) is 2.28. The molecule has 2 aromatic rings. The number of pyridine rings is 1. The summed E-state index contributed by atoms with van der Waals surface area (Å²) in [6.07, 6.45) is 5.70. The van der Waals surface area contributed by atoms with Crippen LogP contribution >= 0.6 is 11.3 Å². The largest absolute Gasteiger partial charge is 0.357 e. The van der Waals surface area contributed by atoms with Crippen LogP contribution < -0.4 is 10.2 Å². The van der Waals surface area contributed by atoms with Crippen LogP contribution in [-0.2, 0) is 17.8 Å². The third-order valence-corrected chi connectivity index (χ3v) is 5.36. The molecule has 3 rings (SSSR count). The van der Waals surface area contributed by atoms with Crippen molar-refractivity contribution in [2.45, 2.75) is 39.2 Å².